The van der Waals surface area contributed by atoms with Gasteiger partial charge in [-0.1, -0.05) is 0 Å². The highest BCUT2D eigenvalue weighted by Gasteiger charge is 2.32. The van der Waals surface area contributed by atoms with Crippen LogP contribution >= 0.6 is 0 Å². The summed E-state index contributed by atoms with van der Waals surface area (Å²) in [5, 5.41) is 9.07. The van der Waals surface area contributed by atoms with Crippen LogP contribution in [0.2, 0.25) is 0 Å². The Morgan fingerprint density at radius 1 is 1.38 bits per heavy atom. The van der Waals surface area contributed by atoms with Gasteiger partial charge in [-0.25, -0.2) is 4.79 Å². The largest absolute Gasteiger partial charge is 0.478 e. The smallest absolute Gasteiger partial charge is 0.335 e. The van der Waals surface area contributed by atoms with Gasteiger partial charge >= 0.3 is 17.1 Å². The average molecular weight is 290 g/mol. The highest BCUT2D eigenvalue weighted by molar-refractivity contribution is 5.92. The average Bonchev–Trinajstić information content (AvgIpc) is 2.41. The summed E-state index contributed by atoms with van der Waals surface area (Å²) in [4.78, 5) is 37.4. The minimum atomic E-state index is -1.08. The molecule has 1 aromatic heterocycles. The molecule has 0 amide bonds. The van der Waals surface area contributed by atoms with Crippen LogP contribution in [-0.2, 0) is 4.74 Å². The Hall–Kier alpha value is -2.41. The van der Waals surface area contributed by atoms with Gasteiger partial charge < -0.3 is 14.8 Å². The van der Waals surface area contributed by atoms with Crippen LogP contribution in [0.4, 0.5) is 0 Å². The van der Waals surface area contributed by atoms with Gasteiger partial charge in [0, 0.05) is 13.2 Å². The Morgan fingerprint density at radius 3 is 2.71 bits per heavy atom. The van der Waals surface area contributed by atoms with Crippen LogP contribution in [0, 0.1) is 0 Å². The maximum atomic E-state index is 12.1. The number of carboxylic acid groups (broad SMARTS) is 1. The van der Waals surface area contributed by atoms with E-state index in [0.717, 1.165) is 0 Å². The summed E-state index contributed by atoms with van der Waals surface area (Å²) >= 11 is 0. The second kappa shape index (κ2) is 4.85. The molecule has 0 unspecified atom stereocenters. The molecular weight excluding hydrogens is 276 g/mol. The van der Waals surface area contributed by atoms with Crippen LogP contribution in [0.3, 0.4) is 0 Å². The number of nitrogens with one attached hydrogen (secondary N) is 1. The van der Waals surface area contributed by atoms with Gasteiger partial charge in [-0.3, -0.25) is 14.2 Å². The Bertz CT molecular complexity index is 829. The Labute approximate surface area is 118 Å². The highest BCUT2D eigenvalue weighted by atomic mass is 16.5. The molecule has 110 valence electrons. The van der Waals surface area contributed by atoms with Gasteiger partial charge in [-0.2, -0.15) is 0 Å². The number of aromatic amines is 1. The summed E-state index contributed by atoms with van der Waals surface area (Å²) in [5.74, 6) is -1.08. The second-order valence-corrected chi connectivity index (χ2v) is 5.15. The molecule has 7 heteroatoms. The van der Waals surface area contributed by atoms with Gasteiger partial charge in [0.1, 0.15) is 0 Å². The van der Waals surface area contributed by atoms with E-state index in [4.69, 9.17) is 9.84 Å². The van der Waals surface area contributed by atoms with Crippen molar-refractivity contribution in [2.75, 3.05) is 7.11 Å². The van der Waals surface area contributed by atoms with E-state index in [0.29, 0.717) is 23.9 Å². The fraction of sp³-hybridized carbons (Fsp3) is 0.357. The van der Waals surface area contributed by atoms with Gasteiger partial charge in [-0.15, -0.1) is 0 Å². The molecule has 1 aromatic carbocycles. The number of aromatic nitrogens is 2. The van der Waals surface area contributed by atoms with Crippen molar-refractivity contribution < 1.29 is 14.6 Å². The first-order valence-corrected chi connectivity index (χ1v) is 6.56. The van der Waals surface area contributed by atoms with Crippen LogP contribution in [0.1, 0.15) is 29.2 Å². The number of fused-ring (bicyclic) bond motifs is 1. The van der Waals surface area contributed by atoms with Crippen molar-refractivity contribution in [1.82, 2.24) is 9.55 Å². The molecule has 1 heterocycles. The second-order valence-electron chi connectivity index (χ2n) is 5.15. The summed E-state index contributed by atoms with van der Waals surface area (Å²) in [6, 6.07) is 4.17. The van der Waals surface area contributed by atoms with Gasteiger partial charge in [0.25, 0.3) is 0 Å². The Kier molecular flexibility index (Phi) is 3.13. The van der Waals surface area contributed by atoms with E-state index < -0.39 is 17.1 Å². The van der Waals surface area contributed by atoms with Crippen molar-refractivity contribution in [1.29, 1.82) is 0 Å². The number of hydrogen-bond donors (Lipinski definition) is 2. The first-order chi connectivity index (χ1) is 10.0. The van der Waals surface area contributed by atoms with Crippen LogP contribution in [0.5, 0.6) is 0 Å². The lowest BCUT2D eigenvalue weighted by Gasteiger charge is -2.35. The van der Waals surface area contributed by atoms with Crippen molar-refractivity contribution in [3.05, 3.63) is 44.5 Å². The summed E-state index contributed by atoms with van der Waals surface area (Å²) < 4.78 is 6.57. The van der Waals surface area contributed by atoms with Gasteiger partial charge in [0.15, 0.2) is 0 Å². The lowest BCUT2D eigenvalue weighted by Crippen LogP contribution is -2.44. The maximum absolute atomic E-state index is 12.1. The molecule has 0 radical (unpaired) electrons. The van der Waals surface area contributed by atoms with E-state index in [1.54, 1.807) is 7.11 Å². The molecule has 21 heavy (non-hydrogen) atoms. The first-order valence-electron chi connectivity index (χ1n) is 6.56. The standard InChI is InChI=1S/C14H14N2O5/c1-21-9-5-8(6-9)16-11-4-7(14(19)20)2-3-10(11)15-12(17)13(16)18/h2-4,8-9H,5-6H2,1H3,(H,15,17)(H,19,20). The third-order valence-electron chi connectivity index (χ3n) is 3.93. The third-order valence-corrected chi connectivity index (χ3v) is 3.93. The summed E-state index contributed by atoms with van der Waals surface area (Å²) in [5.41, 5.74) is -0.411. The molecule has 2 aromatic rings. The molecule has 7 nitrogen and oxygen atoms in total. The molecule has 3 rings (SSSR count). The molecule has 0 saturated heterocycles. The van der Waals surface area contributed by atoms with E-state index in [1.807, 2.05) is 0 Å². The maximum Gasteiger partial charge on any atom is 0.335 e. The van der Waals surface area contributed by atoms with Crippen LogP contribution in [0.25, 0.3) is 11.0 Å². The minimum Gasteiger partial charge on any atom is -0.478 e. The number of carboxylic acids is 1. The fourth-order valence-corrected chi connectivity index (χ4v) is 2.67. The zero-order valence-electron chi connectivity index (χ0n) is 11.3. The van der Waals surface area contributed by atoms with Gasteiger partial charge in [0.2, 0.25) is 0 Å². The van der Waals surface area contributed by atoms with E-state index >= 15 is 0 Å². The quantitative estimate of drug-likeness (QED) is 0.812. The lowest BCUT2D eigenvalue weighted by atomic mass is 9.88. The number of ether oxygens (including phenoxy) is 1. The van der Waals surface area contributed by atoms with Gasteiger partial charge in [-0.05, 0) is 31.0 Å². The number of hydrogen-bond acceptors (Lipinski definition) is 4. The van der Waals surface area contributed by atoms with E-state index in [1.165, 1.54) is 22.8 Å². The van der Waals surface area contributed by atoms with Crippen molar-refractivity contribution in [2.45, 2.75) is 25.0 Å². The molecule has 0 spiro atoms. The number of rotatable bonds is 3. The number of carbonyl (C=O) groups is 1. The molecule has 0 aliphatic heterocycles. The molecule has 1 saturated carbocycles. The predicted octanol–water partition coefficient (Wildman–Crippen LogP) is 0.738. The van der Waals surface area contributed by atoms with Crippen molar-refractivity contribution in [3.63, 3.8) is 0 Å². The Morgan fingerprint density at radius 2 is 2.10 bits per heavy atom. The number of aromatic carboxylic acids is 1. The van der Waals surface area contributed by atoms with E-state index in [9.17, 15) is 14.4 Å². The number of nitrogens with zero attached hydrogens (tertiary/aromatic N) is 1. The topological polar surface area (TPSA) is 101 Å². The molecule has 0 bridgehead atoms. The highest BCUT2D eigenvalue weighted by Crippen LogP contribution is 2.34. The molecule has 2 N–H and O–H groups in total. The summed E-state index contributed by atoms with van der Waals surface area (Å²) in [6.45, 7) is 0. The van der Waals surface area contributed by atoms with Crippen LogP contribution < -0.4 is 11.1 Å². The SMILES string of the molecule is COC1CC(n2c(=O)c(=O)[nH]c3ccc(C(=O)O)cc32)C1. The van der Waals surface area contributed by atoms with Crippen molar-refractivity contribution >= 4 is 17.0 Å². The van der Waals surface area contributed by atoms with E-state index in [2.05, 4.69) is 4.98 Å². The summed E-state index contributed by atoms with van der Waals surface area (Å²) in [6.07, 6.45) is 1.33. The zero-order chi connectivity index (χ0) is 15.1. The molecule has 1 aliphatic rings. The molecule has 1 fully saturated rings. The summed E-state index contributed by atoms with van der Waals surface area (Å²) in [7, 11) is 1.60. The Balaban J connectivity index is 2.22. The molecule has 0 atom stereocenters. The number of methoxy groups -OCH3 is 1. The zero-order valence-corrected chi connectivity index (χ0v) is 11.3. The normalized spacial score (nSPS) is 21.2. The molecule has 1 aliphatic carbocycles. The van der Waals surface area contributed by atoms with E-state index in [-0.39, 0.29) is 17.7 Å². The number of H-pyrrole nitrogens is 1. The van der Waals surface area contributed by atoms with Crippen LogP contribution in [0.15, 0.2) is 27.8 Å². The minimum absolute atomic E-state index is 0.0684. The van der Waals surface area contributed by atoms with Crippen LogP contribution in [-0.4, -0.2) is 33.8 Å². The third kappa shape index (κ3) is 2.15. The van der Waals surface area contributed by atoms with Crippen molar-refractivity contribution in [3.8, 4) is 0 Å². The number of benzene rings is 1. The predicted molar refractivity (Wildman–Crippen MR) is 74.9 cm³/mol. The first kappa shape index (κ1) is 13.6. The monoisotopic (exact) mass is 290 g/mol. The molecular formula is C14H14N2O5. The van der Waals surface area contributed by atoms with Crippen molar-refractivity contribution in [2.24, 2.45) is 0 Å². The lowest BCUT2D eigenvalue weighted by molar-refractivity contribution is 0.00636. The van der Waals surface area contributed by atoms with Gasteiger partial charge in [0.05, 0.1) is 22.7 Å². The fourth-order valence-electron chi connectivity index (χ4n) is 2.67.